The van der Waals surface area contributed by atoms with Gasteiger partial charge >= 0.3 is 6.09 Å². The number of likely N-dealkylation sites (tertiary alicyclic amines) is 1. The van der Waals surface area contributed by atoms with Crippen LogP contribution in [0.2, 0.25) is 0 Å². The summed E-state index contributed by atoms with van der Waals surface area (Å²) in [6, 6.07) is 0. The zero-order valence-electron chi connectivity index (χ0n) is 12.6. The molecule has 0 bridgehead atoms. The fourth-order valence-corrected chi connectivity index (χ4v) is 2.83. The number of rotatable bonds is 2. The van der Waals surface area contributed by atoms with Gasteiger partial charge in [-0.25, -0.2) is 4.79 Å². The second-order valence-electron chi connectivity index (χ2n) is 7.35. The van der Waals surface area contributed by atoms with Gasteiger partial charge in [0.2, 0.25) is 0 Å². The molecule has 2 fully saturated rings. The van der Waals surface area contributed by atoms with E-state index in [-0.39, 0.29) is 11.6 Å². The smallest absolute Gasteiger partial charge is 0.410 e. The lowest BCUT2D eigenvalue weighted by molar-refractivity contribution is 0.0229. The van der Waals surface area contributed by atoms with E-state index in [1.807, 2.05) is 25.7 Å². The molecule has 1 heterocycles. The fourth-order valence-electron chi connectivity index (χ4n) is 2.83. The van der Waals surface area contributed by atoms with E-state index in [9.17, 15) is 4.79 Å². The molecule has 4 nitrogen and oxygen atoms in total. The van der Waals surface area contributed by atoms with Crippen molar-refractivity contribution in [2.24, 2.45) is 11.7 Å². The van der Waals surface area contributed by atoms with Gasteiger partial charge in [0.05, 0.1) is 0 Å². The molecule has 2 aliphatic rings. The van der Waals surface area contributed by atoms with Crippen molar-refractivity contribution in [3.63, 3.8) is 0 Å². The SMILES string of the molecule is CC(C)(C)OC(=O)N1CCCCC(CC2(N)CC2)C1. The molecule has 0 aromatic carbocycles. The number of nitrogens with two attached hydrogens (primary N) is 1. The molecule has 0 aromatic rings. The van der Waals surface area contributed by atoms with Crippen LogP contribution in [0.15, 0.2) is 0 Å². The monoisotopic (exact) mass is 268 g/mol. The Morgan fingerprint density at radius 1 is 1.37 bits per heavy atom. The molecule has 1 atom stereocenters. The van der Waals surface area contributed by atoms with Gasteiger partial charge in [-0.3, -0.25) is 0 Å². The Morgan fingerprint density at radius 3 is 2.63 bits per heavy atom. The molecule has 110 valence electrons. The zero-order valence-corrected chi connectivity index (χ0v) is 12.6. The van der Waals surface area contributed by atoms with Gasteiger partial charge in [-0.2, -0.15) is 0 Å². The van der Waals surface area contributed by atoms with E-state index in [0.29, 0.717) is 5.92 Å². The highest BCUT2D eigenvalue weighted by molar-refractivity contribution is 5.68. The van der Waals surface area contributed by atoms with Gasteiger partial charge < -0.3 is 15.4 Å². The third-order valence-corrected chi connectivity index (χ3v) is 4.01. The first kappa shape index (κ1) is 14.6. The van der Waals surface area contributed by atoms with Crippen LogP contribution < -0.4 is 5.73 Å². The predicted molar refractivity (Wildman–Crippen MR) is 75.9 cm³/mol. The quantitative estimate of drug-likeness (QED) is 0.837. The highest BCUT2D eigenvalue weighted by Gasteiger charge is 2.40. The second kappa shape index (κ2) is 5.31. The van der Waals surface area contributed by atoms with E-state index in [1.54, 1.807) is 0 Å². The summed E-state index contributed by atoms with van der Waals surface area (Å²) in [5.41, 5.74) is 5.88. The first-order valence-corrected chi connectivity index (χ1v) is 7.54. The zero-order chi connectivity index (χ0) is 14.1. The summed E-state index contributed by atoms with van der Waals surface area (Å²) < 4.78 is 5.48. The molecule has 1 unspecified atom stereocenters. The summed E-state index contributed by atoms with van der Waals surface area (Å²) in [5.74, 6) is 0.544. The minimum absolute atomic E-state index is 0.0780. The number of amides is 1. The van der Waals surface area contributed by atoms with Gasteiger partial charge in [0.1, 0.15) is 5.60 Å². The summed E-state index contributed by atoms with van der Waals surface area (Å²) in [4.78, 5) is 14.0. The molecular weight excluding hydrogens is 240 g/mol. The van der Waals surface area contributed by atoms with Crippen LogP contribution >= 0.6 is 0 Å². The van der Waals surface area contributed by atoms with E-state index < -0.39 is 5.60 Å². The Labute approximate surface area is 116 Å². The Bertz CT molecular complexity index is 332. The maximum atomic E-state index is 12.2. The van der Waals surface area contributed by atoms with Gasteiger partial charge in [0.15, 0.2) is 0 Å². The van der Waals surface area contributed by atoms with Crippen LogP contribution in [0.1, 0.15) is 59.3 Å². The minimum Gasteiger partial charge on any atom is -0.444 e. The second-order valence-corrected chi connectivity index (χ2v) is 7.35. The molecule has 19 heavy (non-hydrogen) atoms. The van der Waals surface area contributed by atoms with E-state index in [1.165, 1.54) is 12.8 Å². The van der Waals surface area contributed by atoms with Crippen LogP contribution in [-0.2, 0) is 4.74 Å². The maximum absolute atomic E-state index is 12.2. The molecule has 1 saturated carbocycles. The first-order valence-electron chi connectivity index (χ1n) is 7.54. The van der Waals surface area contributed by atoms with Crippen molar-refractivity contribution in [3.05, 3.63) is 0 Å². The van der Waals surface area contributed by atoms with Gasteiger partial charge in [-0.15, -0.1) is 0 Å². The number of carbonyl (C=O) groups is 1. The maximum Gasteiger partial charge on any atom is 0.410 e. The number of nitrogens with zero attached hydrogens (tertiary/aromatic N) is 1. The van der Waals surface area contributed by atoms with Gasteiger partial charge in [0, 0.05) is 18.6 Å². The Hall–Kier alpha value is -0.770. The van der Waals surface area contributed by atoms with Crippen molar-refractivity contribution < 1.29 is 9.53 Å². The molecule has 0 radical (unpaired) electrons. The fraction of sp³-hybridized carbons (Fsp3) is 0.933. The van der Waals surface area contributed by atoms with Crippen molar-refractivity contribution in [1.82, 2.24) is 4.90 Å². The van der Waals surface area contributed by atoms with Crippen molar-refractivity contribution in [2.45, 2.75) is 70.4 Å². The van der Waals surface area contributed by atoms with Crippen LogP contribution in [0.25, 0.3) is 0 Å². The average Bonchev–Trinajstić information content (AvgIpc) is 3.01. The lowest BCUT2D eigenvalue weighted by atomic mass is 9.94. The van der Waals surface area contributed by atoms with E-state index >= 15 is 0 Å². The van der Waals surface area contributed by atoms with Crippen molar-refractivity contribution in [3.8, 4) is 0 Å². The van der Waals surface area contributed by atoms with Gasteiger partial charge in [0.25, 0.3) is 0 Å². The summed E-state index contributed by atoms with van der Waals surface area (Å²) >= 11 is 0. The number of ether oxygens (including phenoxy) is 1. The van der Waals surface area contributed by atoms with Crippen LogP contribution in [0.3, 0.4) is 0 Å². The summed E-state index contributed by atoms with van der Waals surface area (Å²) in [6.45, 7) is 7.38. The van der Waals surface area contributed by atoms with E-state index in [2.05, 4.69) is 0 Å². The molecule has 1 amide bonds. The molecule has 1 aliphatic carbocycles. The molecule has 2 rings (SSSR count). The van der Waals surface area contributed by atoms with Crippen LogP contribution in [-0.4, -0.2) is 35.2 Å². The lowest BCUT2D eigenvalue weighted by Gasteiger charge is -2.29. The average molecular weight is 268 g/mol. The third-order valence-electron chi connectivity index (χ3n) is 4.01. The first-order chi connectivity index (χ1) is 8.77. The minimum atomic E-state index is -0.412. The predicted octanol–water partition coefficient (Wildman–Crippen LogP) is 2.91. The molecule has 2 N–H and O–H groups in total. The molecule has 1 saturated heterocycles. The van der Waals surface area contributed by atoms with E-state index in [4.69, 9.17) is 10.5 Å². The van der Waals surface area contributed by atoms with Gasteiger partial charge in [-0.05, 0) is 58.8 Å². The Balaban J connectivity index is 1.90. The number of hydrogen-bond acceptors (Lipinski definition) is 3. The summed E-state index contributed by atoms with van der Waals surface area (Å²) in [5, 5.41) is 0. The van der Waals surface area contributed by atoms with Crippen LogP contribution in [0.5, 0.6) is 0 Å². The van der Waals surface area contributed by atoms with Crippen molar-refractivity contribution in [2.75, 3.05) is 13.1 Å². The molecular formula is C15H28N2O2. The van der Waals surface area contributed by atoms with Crippen molar-refractivity contribution >= 4 is 6.09 Å². The van der Waals surface area contributed by atoms with Crippen LogP contribution in [0, 0.1) is 5.92 Å². The highest BCUT2D eigenvalue weighted by Crippen LogP contribution is 2.40. The largest absolute Gasteiger partial charge is 0.444 e. The van der Waals surface area contributed by atoms with Crippen molar-refractivity contribution in [1.29, 1.82) is 0 Å². The topological polar surface area (TPSA) is 55.6 Å². The molecule has 0 aromatic heterocycles. The summed E-state index contributed by atoms with van der Waals surface area (Å²) in [7, 11) is 0. The number of hydrogen-bond donors (Lipinski definition) is 1. The highest BCUT2D eigenvalue weighted by atomic mass is 16.6. The van der Waals surface area contributed by atoms with Gasteiger partial charge in [-0.1, -0.05) is 6.42 Å². The van der Waals surface area contributed by atoms with E-state index in [0.717, 1.165) is 38.8 Å². The molecule has 4 heteroatoms. The Kier molecular flexibility index (Phi) is 4.09. The Morgan fingerprint density at radius 2 is 2.05 bits per heavy atom. The number of carbonyl (C=O) groups excluding carboxylic acids is 1. The third kappa shape index (κ3) is 4.68. The molecule has 0 spiro atoms. The van der Waals surface area contributed by atoms with Crippen LogP contribution in [0.4, 0.5) is 4.79 Å². The normalized spacial score (nSPS) is 26.7. The lowest BCUT2D eigenvalue weighted by Crippen LogP contribution is -2.40. The summed E-state index contributed by atoms with van der Waals surface area (Å²) in [6.07, 6.45) is 6.66. The molecule has 1 aliphatic heterocycles. The standard InChI is InChI=1S/C15H28N2O2/c1-14(2,3)19-13(18)17-9-5-4-6-12(11-17)10-15(16)7-8-15/h12H,4-11,16H2,1-3H3.